The Bertz CT molecular complexity index is 770. The summed E-state index contributed by atoms with van der Waals surface area (Å²) < 4.78 is 5.46. The molecule has 27 heavy (non-hydrogen) atoms. The van der Waals surface area contributed by atoms with Crippen molar-refractivity contribution in [3.05, 3.63) is 29.7 Å². The lowest BCUT2D eigenvalue weighted by atomic mass is 9.93. The SMILES string of the molecule is CCc1cc(N2CCC(c3ccnc(N)n3)CC2)nc(N2CCOCC2)n1. The molecule has 144 valence electrons. The number of nitrogens with two attached hydrogens (primary N) is 1. The van der Waals surface area contributed by atoms with E-state index in [1.54, 1.807) is 6.20 Å². The zero-order valence-corrected chi connectivity index (χ0v) is 15.8. The molecule has 0 atom stereocenters. The summed E-state index contributed by atoms with van der Waals surface area (Å²) in [6.07, 6.45) is 4.73. The average molecular weight is 369 g/mol. The van der Waals surface area contributed by atoms with E-state index in [9.17, 15) is 0 Å². The number of nitrogens with zero attached hydrogens (tertiary/aromatic N) is 6. The van der Waals surface area contributed by atoms with E-state index in [0.29, 0.717) is 11.9 Å². The van der Waals surface area contributed by atoms with Crippen LogP contribution in [0.3, 0.4) is 0 Å². The molecule has 0 unspecified atom stereocenters. The molecule has 0 radical (unpaired) electrons. The first kappa shape index (κ1) is 17.9. The molecule has 2 saturated heterocycles. The lowest BCUT2D eigenvalue weighted by Gasteiger charge is -2.34. The van der Waals surface area contributed by atoms with Gasteiger partial charge in [-0.15, -0.1) is 0 Å². The van der Waals surface area contributed by atoms with Gasteiger partial charge in [0.15, 0.2) is 0 Å². The van der Waals surface area contributed by atoms with Crippen molar-refractivity contribution in [3.63, 3.8) is 0 Å². The van der Waals surface area contributed by atoms with Crippen LogP contribution < -0.4 is 15.5 Å². The van der Waals surface area contributed by atoms with Gasteiger partial charge in [0, 0.05) is 55.7 Å². The zero-order chi connectivity index (χ0) is 18.6. The summed E-state index contributed by atoms with van der Waals surface area (Å²) in [6.45, 7) is 7.23. The van der Waals surface area contributed by atoms with Crippen LogP contribution in [0.4, 0.5) is 17.7 Å². The van der Waals surface area contributed by atoms with Crippen LogP contribution in [-0.4, -0.2) is 59.3 Å². The fraction of sp³-hybridized carbons (Fsp3) is 0.579. The maximum atomic E-state index is 5.74. The van der Waals surface area contributed by atoms with Crippen LogP contribution >= 0.6 is 0 Å². The number of morpholine rings is 1. The molecule has 2 aliphatic heterocycles. The second kappa shape index (κ2) is 8.04. The summed E-state index contributed by atoms with van der Waals surface area (Å²) in [4.78, 5) is 22.6. The predicted molar refractivity (Wildman–Crippen MR) is 105 cm³/mol. The van der Waals surface area contributed by atoms with E-state index in [0.717, 1.165) is 81.8 Å². The lowest BCUT2D eigenvalue weighted by molar-refractivity contribution is 0.122. The van der Waals surface area contributed by atoms with Gasteiger partial charge >= 0.3 is 0 Å². The molecular formula is C19H27N7O. The first-order chi connectivity index (χ1) is 13.2. The van der Waals surface area contributed by atoms with Crippen molar-refractivity contribution >= 4 is 17.7 Å². The summed E-state index contributed by atoms with van der Waals surface area (Å²) in [7, 11) is 0. The van der Waals surface area contributed by atoms with Crippen molar-refractivity contribution in [2.75, 3.05) is 54.9 Å². The van der Waals surface area contributed by atoms with Crippen molar-refractivity contribution in [2.24, 2.45) is 0 Å². The van der Waals surface area contributed by atoms with Crippen LogP contribution in [0, 0.1) is 0 Å². The highest BCUT2D eigenvalue weighted by atomic mass is 16.5. The second-order valence-corrected chi connectivity index (χ2v) is 7.07. The number of aromatic nitrogens is 4. The van der Waals surface area contributed by atoms with Gasteiger partial charge in [-0.1, -0.05) is 6.92 Å². The van der Waals surface area contributed by atoms with E-state index in [-0.39, 0.29) is 0 Å². The minimum Gasteiger partial charge on any atom is -0.378 e. The molecule has 0 aliphatic carbocycles. The number of anilines is 3. The van der Waals surface area contributed by atoms with Gasteiger partial charge in [0.1, 0.15) is 5.82 Å². The van der Waals surface area contributed by atoms with E-state index in [4.69, 9.17) is 20.4 Å². The first-order valence-corrected chi connectivity index (χ1v) is 9.77. The quantitative estimate of drug-likeness (QED) is 0.869. The molecule has 4 rings (SSSR count). The predicted octanol–water partition coefficient (Wildman–Crippen LogP) is 1.63. The summed E-state index contributed by atoms with van der Waals surface area (Å²) >= 11 is 0. The minimum atomic E-state index is 0.355. The Kier molecular flexibility index (Phi) is 5.33. The molecular weight excluding hydrogens is 342 g/mol. The Balaban J connectivity index is 1.48. The number of hydrogen-bond donors (Lipinski definition) is 1. The van der Waals surface area contributed by atoms with Crippen LogP contribution in [0.25, 0.3) is 0 Å². The third-order valence-electron chi connectivity index (χ3n) is 5.34. The topological polar surface area (TPSA) is 93.3 Å². The van der Waals surface area contributed by atoms with Gasteiger partial charge in [-0.05, 0) is 25.3 Å². The van der Waals surface area contributed by atoms with Gasteiger partial charge in [0.25, 0.3) is 0 Å². The number of hydrogen-bond acceptors (Lipinski definition) is 8. The number of ether oxygens (including phenoxy) is 1. The third-order valence-corrected chi connectivity index (χ3v) is 5.34. The smallest absolute Gasteiger partial charge is 0.227 e. The largest absolute Gasteiger partial charge is 0.378 e. The molecule has 2 aromatic heterocycles. The number of piperidine rings is 1. The van der Waals surface area contributed by atoms with E-state index in [1.807, 2.05) is 6.07 Å². The van der Waals surface area contributed by atoms with Crippen LogP contribution in [-0.2, 0) is 11.2 Å². The van der Waals surface area contributed by atoms with Gasteiger partial charge in [0.2, 0.25) is 11.9 Å². The molecule has 2 fully saturated rings. The highest BCUT2D eigenvalue weighted by Gasteiger charge is 2.24. The maximum absolute atomic E-state index is 5.74. The van der Waals surface area contributed by atoms with Crippen LogP contribution in [0.5, 0.6) is 0 Å². The van der Waals surface area contributed by atoms with Crippen molar-refractivity contribution in [3.8, 4) is 0 Å². The monoisotopic (exact) mass is 369 g/mol. The van der Waals surface area contributed by atoms with E-state index in [1.165, 1.54) is 0 Å². The minimum absolute atomic E-state index is 0.355. The lowest BCUT2D eigenvalue weighted by Crippen LogP contribution is -2.38. The van der Waals surface area contributed by atoms with Crippen LogP contribution in [0.15, 0.2) is 18.3 Å². The van der Waals surface area contributed by atoms with Crippen molar-refractivity contribution < 1.29 is 4.74 Å². The molecule has 2 N–H and O–H groups in total. The summed E-state index contributed by atoms with van der Waals surface area (Å²) in [5, 5.41) is 0. The highest BCUT2D eigenvalue weighted by Crippen LogP contribution is 2.30. The Hall–Kier alpha value is -2.48. The molecule has 4 heterocycles. The maximum Gasteiger partial charge on any atom is 0.227 e. The Labute approximate surface area is 159 Å². The fourth-order valence-electron chi connectivity index (χ4n) is 3.74. The number of nitrogen functional groups attached to an aromatic ring is 1. The molecule has 2 aliphatic rings. The van der Waals surface area contributed by atoms with Crippen LogP contribution in [0.1, 0.15) is 37.1 Å². The van der Waals surface area contributed by atoms with E-state index < -0.39 is 0 Å². The highest BCUT2D eigenvalue weighted by molar-refractivity contribution is 5.47. The summed E-state index contributed by atoms with van der Waals surface area (Å²) in [5.41, 5.74) is 7.88. The Morgan fingerprint density at radius 3 is 2.56 bits per heavy atom. The second-order valence-electron chi connectivity index (χ2n) is 7.07. The fourth-order valence-corrected chi connectivity index (χ4v) is 3.74. The molecule has 8 heteroatoms. The summed E-state index contributed by atoms with van der Waals surface area (Å²) in [6, 6.07) is 4.11. The van der Waals surface area contributed by atoms with Gasteiger partial charge in [0.05, 0.1) is 13.2 Å². The van der Waals surface area contributed by atoms with Crippen molar-refractivity contribution in [1.82, 2.24) is 19.9 Å². The molecule has 0 aromatic carbocycles. The molecule has 0 bridgehead atoms. The number of aryl methyl sites for hydroxylation is 1. The van der Waals surface area contributed by atoms with Gasteiger partial charge < -0.3 is 20.3 Å². The van der Waals surface area contributed by atoms with Gasteiger partial charge in [-0.25, -0.2) is 15.0 Å². The van der Waals surface area contributed by atoms with Gasteiger partial charge in [-0.3, -0.25) is 0 Å². The zero-order valence-electron chi connectivity index (χ0n) is 15.8. The normalized spacial score (nSPS) is 18.7. The molecule has 2 aromatic rings. The standard InChI is InChI=1S/C19H27N7O/c1-2-15-13-17(24-19(22-15)26-9-11-27-12-10-26)25-7-4-14(5-8-25)16-3-6-21-18(20)23-16/h3,6,13-14H,2,4-5,7-12H2,1H3,(H2,20,21,23). The number of rotatable bonds is 4. The van der Waals surface area contributed by atoms with E-state index in [2.05, 4.69) is 32.8 Å². The molecule has 0 amide bonds. The molecule has 8 nitrogen and oxygen atoms in total. The van der Waals surface area contributed by atoms with Gasteiger partial charge in [-0.2, -0.15) is 4.98 Å². The van der Waals surface area contributed by atoms with E-state index >= 15 is 0 Å². The van der Waals surface area contributed by atoms with Crippen molar-refractivity contribution in [2.45, 2.75) is 32.1 Å². The van der Waals surface area contributed by atoms with Crippen molar-refractivity contribution in [1.29, 1.82) is 0 Å². The summed E-state index contributed by atoms with van der Waals surface area (Å²) in [5.74, 6) is 2.65. The Morgan fingerprint density at radius 1 is 1.07 bits per heavy atom. The average Bonchev–Trinajstić information content (AvgIpc) is 2.74. The molecule has 0 spiro atoms. The molecule has 0 saturated carbocycles. The van der Waals surface area contributed by atoms with Crippen LogP contribution in [0.2, 0.25) is 0 Å². The third kappa shape index (κ3) is 4.10. The Morgan fingerprint density at radius 2 is 1.85 bits per heavy atom. The first-order valence-electron chi connectivity index (χ1n) is 9.77.